The van der Waals surface area contributed by atoms with Crippen molar-refractivity contribution in [1.82, 2.24) is 9.88 Å². The van der Waals surface area contributed by atoms with Gasteiger partial charge in [0.2, 0.25) is 0 Å². The van der Waals surface area contributed by atoms with Crippen molar-refractivity contribution >= 4 is 16.8 Å². The molecule has 0 aliphatic heterocycles. The Kier molecular flexibility index (Phi) is 4.55. The molecule has 0 saturated heterocycles. The summed E-state index contributed by atoms with van der Waals surface area (Å²) >= 11 is 0. The van der Waals surface area contributed by atoms with Crippen LogP contribution in [0, 0.1) is 0 Å². The molecule has 0 saturated carbocycles. The fourth-order valence-electron chi connectivity index (χ4n) is 3.92. The van der Waals surface area contributed by atoms with Gasteiger partial charge in [-0.1, -0.05) is 18.2 Å². The van der Waals surface area contributed by atoms with Crippen LogP contribution in [0.5, 0.6) is 11.5 Å². The molecule has 0 spiro atoms. The van der Waals surface area contributed by atoms with Crippen molar-refractivity contribution in [2.45, 2.75) is 18.9 Å². The van der Waals surface area contributed by atoms with Crippen LogP contribution < -0.4 is 20.3 Å². The molecule has 6 heteroatoms. The van der Waals surface area contributed by atoms with Crippen LogP contribution in [0.3, 0.4) is 0 Å². The first-order valence-electron chi connectivity index (χ1n) is 9.18. The van der Waals surface area contributed by atoms with Gasteiger partial charge >= 0.3 is 0 Å². The van der Waals surface area contributed by atoms with Crippen molar-refractivity contribution in [3.8, 4) is 11.5 Å². The third-order valence-corrected chi connectivity index (χ3v) is 5.43. The summed E-state index contributed by atoms with van der Waals surface area (Å²) in [6.07, 6.45) is 1.64. The number of benzene rings is 2. The number of para-hydroxylation sites is 1. The number of pyridine rings is 1. The van der Waals surface area contributed by atoms with E-state index < -0.39 is 0 Å². The van der Waals surface area contributed by atoms with Gasteiger partial charge in [-0.25, -0.2) is 0 Å². The molecule has 1 aromatic heterocycles. The molecule has 3 aromatic rings. The van der Waals surface area contributed by atoms with Crippen molar-refractivity contribution in [3.63, 3.8) is 0 Å². The maximum Gasteiger partial charge on any atom is 0.252 e. The zero-order valence-electron chi connectivity index (χ0n) is 16.1. The van der Waals surface area contributed by atoms with Gasteiger partial charge in [-0.15, -0.1) is 0 Å². The minimum Gasteiger partial charge on any atom is -0.493 e. The number of ether oxygens (including phenoxy) is 2. The second-order valence-corrected chi connectivity index (χ2v) is 6.94. The number of methoxy groups -OCH3 is 2. The minimum atomic E-state index is -0.249. The standard InChI is InChI=1S/C22H22N2O4/c1-24-18-7-5-4-6-14(18)16(12-21(24)25)22(26)23-17-9-8-13-10-19(27-2)20(28-3)11-15(13)17/h4-7,10-12,17H,8-9H2,1-3H3,(H,23,26). The van der Waals surface area contributed by atoms with Crippen LogP contribution in [0.15, 0.2) is 47.3 Å². The average molecular weight is 378 g/mol. The number of hydrogen-bond donors (Lipinski definition) is 1. The van der Waals surface area contributed by atoms with Crippen LogP contribution >= 0.6 is 0 Å². The second kappa shape index (κ2) is 7.03. The number of fused-ring (bicyclic) bond motifs is 2. The molecular weight excluding hydrogens is 356 g/mol. The Balaban J connectivity index is 1.70. The quantitative estimate of drug-likeness (QED) is 0.758. The first-order valence-corrected chi connectivity index (χ1v) is 9.18. The Hall–Kier alpha value is -3.28. The van der Waals surface area contributed by atoms with Gasteiger partial charge in [0.25, 0.3) is 11.5 Å². The highest BCUT2D eigenvalue weighted by molar-refractivity contribution is 6.06. The van der Waals surface area contributed by atoms with E-state index in [1.807, 2.05) is 36.4 Å². The Morgan fingerprint density at radius 3 is 2.57 bits per heavy atom. The predicted octanol–water partition coefficient (Wildman–Crippen LogP) is 2.97. The molecule has 1 amide bonds. The summed E-state index contributed by atoms with van der Waals surface area (Å²) in [6, 6.07) is 12.6. The Morgan fingerprint density at radius 2 is 1.82 bits per heavy atom. The Bertz CT molecular complexity index is 1130. The molecule has 144 valence electrons. The molecule has 0 radical (unpaired) electrons. The fraction of sp³-hybridized carbons (Fsp3) is 0.273. The van der Waals surface area contributed by atoms with E-state index in [2.05, 4.69) is 5.32 Å². The molecular formula is C22H22N2O4. The van der Waals surface area contributed by atoms with E-state index >= 15 is 0 Å². The topological polar surface area (TPSA) is 69.6 Å². The summed E-state index contributed by atoms with van der Waals surface area (Å²) in [5.74, 6) is 1.08. The summed E-state index contributed by atoms with van der Waals surface area (Å²) in [5.41, 5.74) is 3.09. The molecule has 4 rings (SSSR count). The van der Waals surface area contributed by atoms with E-state index in [0.717, 1.165) is 34.9 Å². The lowest BCUT2D eigenvalue weighted by Gasteiger charge is -2.17. The molecule has 0 bridgehead atoms. The highest BCUT2D eigenvalue weighted by Gasteiger charge is 2.27. The molecule has 1 atom stereocenters. The summed E-state index contributed by atoms with van der Waals surface area (Å²) < 4.78 is 12.3. The highest BCUT2D eigenvalue weighted by atomic mass is 16.5. The SMILES string of the molecule is COc1cc2c(cc1OC)C(NC(=O)c1cc(=O)n(C)c3ccccc13)CC2. The molecule has 1 unspecified atom stereocenters. The second-order valence-electron chi connectivity index (χ2n) is 6.94. The van der Waals surface area contributed by atoms with E-state index in [1.165, 1.54) is 6.07 Å². The summed E-state index contributed by atoms with van der Waals surface area (Å²) in [5, 5.41) is 3.85. The van der Waals surface area contributed by atoms with E-state index in [-0.39, 0.29) is 17.5 Å². The molecule has 1 heterocycles. The Labute approximate surface area is 162 Å². The van der Waals surface area contributed by atoms with E-state index in [1.54, 1.807) is 25.8 Å². The van der Waals surface area contributed by atoms with Crippen LogP contribution in [0.1, 0.15) is 33.9 Å². The van der Waals surface area contributed by atoms with Gasteiger partial charge in [0, 0.05) is 18.5 Å². The third-order valence-electron chi connectivity index (χ3n) is 5.43. The first-order chi connectivity index (χ1) is 13.5. The fourth-order valence-corrected chi connectivity index (χ4v) is 3.92. The monoisotopic (exact) mass is 378 g/mol. The number of hydrogen-bond acceptors (Lipinski definition) is 4. The maximum atomic E-state index is 13.1. The smallest absolute Gasteiger partial charge is 0.252 e. The number of rotatable bonds is 4. The summed E-state index contributed by atoms with van der Waals surface area (Å²) in [6.45, 7) is 0. The van der Waals surface area contributed by atoms with Crippen LogP contribution in [0.25, 0.3) is 10.9 Å². The third kappa shape index (κ3) is 2.91. The average Bonchev–Trinajstić information content (AvgIpc) is 3.11. The molecule has 6 nitrogen and oxygen atoms in total. The van der Waals surface area contributed by atoms with Gasteiger partial charge in [0.15, 0.2) is 11.5 Å². The van der Waals surface area contributed by atoms with Gasteiger partial charge < -0.3 is 19.4 Å². The maximum absolute atomic E-state index is 13.1. The van der Waals surface area contributed by atoms with Crippen molar-refractivity contribution in [3.05, 3.63) is 69.5 Å². The van der Waals surface area contributed by atoms with Crippen LogP contribution in [0.4, 0.5) is 0 Å². The van der Waals surface area contributed by atoms with Gasteiger partial charge in [-0.3, -0.25) is 9.59 Å². The molecule has 1 aliphatic rings. The van der Waals surface area contributed by atoms with E-state index in [4.69, 9.17) is 9.47 Å². The Morgan fingerprint density at radius 1 is 1.11 bits per heavy atom. The lowest BCUT2D eigenvalue weighted by molar-refractivity contribution is 0.0938. The van der Waals surface area contributed by atoms with Crippen LogP contribution in [0.2, 0.25) is 0 Å². The number of aromatic nitrogens is 1. The molecule has 1 N–H and O–H groups in total. The normalized spacial score (nSPS) is 15.3. The van der Waals surface area contributed by atoms with E-state index in [0.29, 0.717) is 17.1 Å². The lowest BCUT2D eigenvalue weighted by Crippen LogP contribution is -2.29. The van der Waals surface area contributed by atoms with E-state index in [9.17, 15) is 9.59 Å². The van der Waals surface area contributed by atoms with Gasteiger partial charge in [-0.05, 0) is 42.2 Å². The minimum absolute atomic E-state index is 0.134. The number of aryl methyl sites for hydroxylation is 2. The lowest BCUT2D eigenvalue weighted by atomic mass is 10.0. The summed E-state index contributed by atoms with van der Waals surface area (Å²) in [7, 11) is 4.91. The zero-order valence-corrected chi connectivity index (χ0v) is 16.1. The van der Waals surface area contributed by atoms with Gasteiger partial charge in [0.1, 0.15) is 0 Å². The van der Waals surface area contributed by atoms with Gasteiger partial charge in [0.05, 0.1) is 31.3 Å². The number of nitrogens with zero attached hydrogens (tertiary/aromatic N) is 1. The van der Waals surface area contributed by atoms with Crippen molar-refractivity contribution in [2.24, 2.45) is 7.05 Å². The van der Waals surface area contributed by atoms with Crippen LogP contribution in [-0.2, 0) is 13.5 Å². The summed E-state index contributed by atoms with van der Waals surface area (Å²) in [4.78, 5) is 25.4. The number of carbonyl (C=O) groups is 1. The van der Waals surface area contributed by atoms with Crippen molar-refractivity contribution < 1.29 is 14.3 Å². The molecule has 2 aromatic carbocycles. The molecule has 0 fully saturated rings. The van der Waals surface area contributed by atoms with Crippen molar-refractivity contribution in [1.29, 1.82) is 0 Å². The number of amides is 1. The largest absolute Gasteiger partial charge is 0.493 e. The zero-order chi connectivity index (χ0) is 19.8. The molecule has 1 aliphatic carbocycles. The number of carbonyl (C=O) groups excluding carboxylic acids is 1. The van der Waals surface area contributed by atoms with Gasteiger partial charge in [-0.2, -0.15) is 0 Å². The highest BCUT2D eigenvalue weighted by Crippen LogP contribution is 2.39. The predicted molar refractivity (Wildman–Crippen MR) is 107 cm³/mol. The van der Waals surface area contributed by atoms with Crippen LogP contribution in [-0.4, -0.2) is 24.7 Å². The molecule has 28 heavy (non-hydrogen) atoms. The first kappa shape index (κ1) is 18.1. The van der Waals surface area contributed by atoms with Crippen molar-refractivity contribution in [2.75, 3.05) is 14.2 Å². The number of nitrogens with one attached hydrogen (secondary N) is 1.